The van der Waals surface area contributed by atoms with Crippen molar-refractivity contribution >= 4 is 15.9 Å². The van der Waals surface area contributed by atoms with Crippen LogP contribution in [0.2, 0.25) is 0 Å². The normalized spacial score (nSPS) is 17.8. The molecular weight excluding hydrogens is 252 g/mol. The second-order valence-corrected chi connectivity index (χ2v) is 3.63. The smallest absolute Gasteiger partial charge is 0.185 e. The maximum absolute atomic E-state index is 9.81. The van der Waals surface area contributed by atoms with Gasteiger partial charge in [-0.05, 0) is 6.42 Å². The summed E-state index contributed by atoms with van der Waals surface area (Å²) in [5.74, 6) is 0. The van der Waals surface area contributed by atoms with Crippen LogP contribution in [0.1, 0.15) is 13.3 Å². The van der Waals surface area contributed by atoms with Crippen molar-refractivity contribution in [3.05, 3.63) is 0 Å². The van der Waals surface area contributed by atoms with Crippen molar-refractivity contribution in [2.45, 2.75) is 31.8 Å². The third kappa shape index (κ3) is 4.70. The number of ether oxygens (including phenoxy) is 3. The molecule has 0 saturated carbocycles. The minimum absolute atomic E-state index is 0.254. The second kappa shape index (κ2) is 8.61. The van der Waals surface area contributed by atoms with Gasteiger partial charge in [0.15, 0.2) is 6.29 Å². The van der Waals surface area contributed by atoms with Crippen LogP contribution in [0.3, 0.4) is 0 Å². The number of halogens is 1. The maximum atomic E-state index is 9.81. The molecule has 3 unspecified atom stereocenters. The first-order chi connectivity index (χ1) is 6.71. The van der Waals surface area contributed by atoms with E-state index in [1.54, 1.807) is 7.11 Å². The zero-order valence-corrected chi connectivity index (χ0v) is 10.5. The standard InChI is InChI=1S/C9H19BrO4/c1-4-7(12-2)8(11)9(13-3)14-6-5-10/h7-9,11H,4-6H2,1-3H3. The first-order valence-electron chi connectivity index (χ1n) is 4.62. The summed E-state index contributed by atoms with van der Waals surface area (Å²) in [7, 11) is 3.07. The van der Waals surface area contributed by atoms with Crippen LogP contribution in [0, 0.1) is 0 Å². The van der Waals surface area contributed by atoms with Gasteiger partial charge in [0.2, 0.25) is 0 Å². The van der Waals surface area contributed by atoms with E-state index in [4.69, 9.17) is 14.2 Å². The molecule has 0 rings (SSSR count). The summed E-state index contributed by atoms with van der Waals surface area (Å²) in [6.07, 6.45) is -0.920. The average molecular weight is 271 g/mol. The molecule has 4 nitrogen and oxygen atoms in total. The molecule has 5 heteroatoms. The molecule has 0 aliphatic heterocycles. The zero-order valence-electron chi connectivity index (χ0n) is 8.90. The van der Waals surface area contributed by atoms with E-state index < -0.39 is 12.4 Å². The van der Waals surface area contributed by atoms with Crippen LogP contribution in [0.4, 0.5) is 0 Å². The SMILES string of the molecule is CCC(OC)C(O)C(OC)OCCBr. The molecule has 0 radical (unpaired) electrons. The Balaban J connectivity index is 4.06. The molecule has 14 heavy (non-hydrogen) atoms. The summed E-state index contributed by atoms with van der Waals surface area (Å²) >= 11 is 3.23. The van der Waals surface area contributed by atoms with E-state index in [1.165, 1.54) is 7.11 Å². The van der Waals surface area contributed by atoms with Crippen molar-refractivity contribution in [3.63, 3.8) is 0 Å². The molecule has 0 aromatic rings. The lowest BCUT2D eigenvalue weighted by molar-refractivity contribution is -0.204. The lowest BCUT2D eigenvalue weighted by Gasteiger charge is -2.27. The highest BCUT2D eigenvalue weighted by Crippen LogP contribution is 2.11. The minimum atomic E-state index is -0.756. The van der Waals surface area contributed by atoms with Crippen LogP contribution in [0.5, 0.6) is 0 Å². The van der Waals surface area contributed by atoms with Gasteiger partial charge in [0.05, 0.1) is 12.7 Å². The van der Waals surface area contributed by atoms with Gasteiger partial charge in [-0.2, -0.15) is 0 Å². The fraction of sp³-hybridized carbons (Fsp3) is 1.00. The third-order valence-corrected chi connectivity index (χ3v) is 2.28. The quantitative estimate of drug-likeness (QED) is 0.531. The van der Waals surface area contributed by atoms with Gasteiger partial charge in [0.25, 0.3) is 0 Å². The summed E-state index contributed by atoms with van der Waals surface area (Å²) in [5.41, 5.74) is 0. The molecule has 0 saturated heterocycles. The van der Waals surface area contributed by atoms with E-state index in [9.17, 15) is 5.11 Å². The van der Waals surface area contributed by atoms with Gasteiger partial charge in [-0.15, -0.1) is 0 Å². The Labute approximate surface area is 93.7 Å². The van der Waals surface area contributed by atoms with Crippen LogP contribution in [0.15, 0.2) is 0 Å². The Hall–Kier alpha value is 0.320. The third-order valence-electron chi connectivity index (χ3n) is 1.96. The van der Waals surface area contributed by atoms with Crippen molar-refractivity contribution < 1.29 is 19.3 Å². The predicted octanol–water partition coefficient (Wildman–Crippen LogP) is 1.16. The lowest BCUT2D eigenvalue weighted by Crippen LogP contribution is -2.41. The molecule has 0 aliphatic rings. The van der Waals surface area contributed by atoms with Gasteiger partial charge in [-0.1, -0.05) is 22.9 Å². The summed E-state index contributed by atoms with van der Waals surface area (Å²) < 4.78 is 15.4. The summed E-state index contributed by atoms with van der Waals surface area (Å²) in [5, 5.41) is 10.5. The molecule has 0 aliphatic carbocycles. The summed E-state index contributed by atoms with van der Waals surface area (Å²) in [6.45, 7) is 2.43. The predicted molar refractivity (Wildman–Crippen MR) is 57.6 cm³/mol. The topological polar surface area (TPSA) is 47.9 Å². The number of aliphatic hydroxyl groups excluding tert-OH is 1. The molecule has 0 spiro atoms. The molecule has 0 bridgehead atoms. The molecule has 86 valence electrons. The van der Waals surface area contributed by atoms with Gasteiger partial charge in [-0.25, -0.2) is 0 Å². The summed E-state index contributed by atoms with van der Waals surface area (Å²) in [4.78, 5) is 0. The van der Waals surface area contributed by atoms with Gasteiger partial charge in [0, 0.05) is 19.5 Å². The number of methoxy groups -OCH3 is 2. The van der Waals surface area contributed by atoms with Gasteiger partial charge in [0.1, 0.15) is 6.10 Å². The van der Waals surface area contributed by atoms with E-state index in [-0.39, 0.29) is 6.10 Å². The Morgan fingerprint density at radius 2 is 1.93 bits per heavy atom. The number of rotatable bonds is 8. The van der Waals surface area contributed by atoms with Crippen molar-refractivity contribution in [1.29, 1.82) is 0 Å². The molecule has 3 atom stereocenters. The minimum Gasteiger partial charge on any atom is -0.385 e. The summed E-state index contributed by atoms with van der Waals surface area (Å²) in [6, 6.07) is 0. The zero-order chi connectivity index (χ0) is 11.0. The van der Waals surface area contributed by atoms with Crippen molar-refractivity contribution in [2.24, 2.45) is 0 Å². The Bertz CT molecular complexity index is 130. The highest BCUT2D eigenvalue weighted by atomic mass is 79.9. The van der Waals surface area contributed by atoms with Crippen molar-refractivity contribution in [2.75, 3.05) is 26.2 Å². The highest BCUT2D eigenvalue weighted by molar-refractivity contribution is 9.09. The fourth-order valence-electron chi connectivity index (χ4n) is 1.19. The number of hydrogen-bond acceptors (Lipinski definition) is 4. The lowest BCUT2D eigenvalue weighted by atomic mass is 10.1. The van der Waals surface area contributed by atoms with Crippen molar-refractivity contribution in [3.8, 4) is 0 Å². The molecule has 0 heterocycles. The first kappa shape index (κ1) is 14.3. The number of alkyl halides is 1. The molecular formula is C9H19BrO4. The van der Waals surface area contributed by atoms with Gasteiger partial charge in [-0.3, -0.25) is 0 Å². The Kier molecular flexibility index (Phi) is 8.81. The van der Waals surface area contributed by atoms with E-state index in [1.807, 2.05) is 6.92 Å². The first-order valence-corrected chi connectivity index (χ1v) is 5.74. The van der Waals surface area contributed by atoms with E-state index >= 15 is 0 Å². The highest BCUT2D eigenvalue weighted by Gasteiger charge is 2.27. The second-order valence-electron chi connectivity index (χ2n) is 2.84. The average Bonchev–Trinajstić information content (AvgIpc) is 2.21. The monoisotopic (exact) mass is 270 g/mol. The van der Waals surface area contributed by atoms with Crippen LogP contribution >= 0.6 is 15.9 Å². The van der Waals surface area contributed by atoms with Crippen LogP contribution < -0.4 is 0 Å². The van der Waals surface area contributed by atoms with E-state index in [0.29, 0.717) is 11.9 Å². The maximum Gasteiger partial charge on any atom is 0.185 e. The van der Waals surface area contributed by atoms with Gasteiger partial charge < -0.3 is 19.3 Å². The van der Waals surface area contributed by atoms with Crippen LogP contribution in [0.25, 0.3) is 0 Å². The largest absolute Gasteiger partial charge is 0.385 e. The Morgan fingerprint density at radius 3 is 2.29 bits per heavy atom. The van der Waals surface area contributed by atoms with Crippen molar-refractivity contribution in [1.82, 2.24) is 0 Å². The number of hydrogen-bond donors (Lipinski definition) is 1. The molecule has 0 amide bonds. The van der Waals surface area contributed by atoms with Crippen LogP contribution in [-0.4, -0.2) is 49.8 Å². The van der Waals surface area contributed by atoms with Crippen LogP contribution in [-0.2, 0) is 14.2 Å². The van der Waals surface area contributed by atoms with E-state index in [0.717, 1.165) is 6.42 Å². The molecule has 0 aromatic heterocycles. The molecule has 0 aromatic carbocycles. The van der Waals surface area contributed by atoms with E-state index in [2.05, 4.69) is 15.9 Å². The number of aliphatic hydroxyl groups is 1. The fourth-order valence-corrected chi connectivity index (χ4v) is 1.38. The Morgan fingerprint density at radius 1 is 1.29 bits per heavy atom. The molecule has 1 N–H and O–H groups in total. The van der Waals surface area contributed by atoms with Gasteiger partial charge >= 0.3 is 0 Å². The molecule has 0 fully saturated rings.